The van der Waals surface area contributed by atoms with Gasteiger partial charge in [0.15, 0.2) is 5.71 Å². The van der Waals surface area contributed by atoms with Gasteiger partial charge in [-0.25, -0.2) is 12.8 Å². The number of rotatable bonds is 18. The SMILES string of the molecule is CC1(C)C(/C=C/C2=C(Cl)C(=C/C=C3/N(CCOCCOCCNC(=O)c4ccc([18F])cc4)c4ccccc4C3(C)C)/CCC2)=[N+](CCCCS(=O)(=O)[O-])c2ccccc21. The molecule has 9 nitrogen and oxygen atoms in total. The number of allylic oxidation sites excluding steroid dienone is 8. The quantitative estimate of drug-likeness (QED) is 0.0775. The first-order valence-electron chi connectivity index (χ1n) is 20.4. The van der Waals surface area contributed by atoms with E-state index in [1.165, 1.54) is 35.4 Å². The molecule has 0 atom stereocenters. The van der Waals surface area contributed by atoms with E-state index in [0.717, 1.165) is 58.2 Å². The minimum Gasteiger partial charge on any atom is -0.748 e. The van der Waals surface area contributed by atoms with Crippen molar-refractivity contribution in [2.75, 3.05) is 56.7 Å². The Morgan fingerprint density at radius 2 is 1.58 bits per heavy atom. The van der Waals surface area contributed by atoms with Gasteiger partial charge in [0.1, 0.15) is 12.4 Å². The standard InChI is InChI=1S/C47H55ClFN3O6S/c1-46(2)38-14-5-7-16-40(38)51(27-9-10-33-59(54,55)56)42(46)24-20-34-12-11-13-35(44(34)48)21-25-43-47(3,4)39-15-6-8-17-41(39)52(43)28-30-58-32-31-57-29-26-50-45(53)36-18-22-37(49)23-19-36/h5-8,14-25H,9-13,26-33H2,1-4H3,(H-,50,53,54,55,56)/i49-1. The Kier molecular flexibility index (Phi) is 14.5. The molecule has 1 amide bonds. The number of carbonyl (C=O) groups is 1. The Labute approximate surface area is 353 Å². The van der Waals surface area contributed by atoms with Gasteiger partial charge in [-0.3, -0.25) is 4.79 Å². The molecule has 0 radical (unpaired) electrons. The summed E-state index contributed by atoms with van der Waals surface area (Å²) in [5.74, 6) is -1.02. The van der Waals surface area contributed by atoms with Crippen LogP contribution in [0.4, 0.5) is 15.8 Å². The van der Waals surface area contributed by atoms with Gasteiger partial charge in [-0.05, 0) is 92.6 Å². The van der Waals surface area contributed by atoms with Crippen molar-refractivity contribution in [1.82, 2.24) is 5.32 Å². The monoisotopic (exact) mass is 842 g/mol. The van der Waals surface area contributed by atoms with Gasteiger partial charge in [0.2, 0.25) is 5.69 Å². The van der Waals surface area contributed by atoms with E-state index in [2.05, 4.69) is 103 Å². The molecule has 2 heterocycles. The second kappa shape index (κ2) is 19.3. The highest BCUT2D eigenvalue weighted by molar-refractivity contribution is 7.85. The van der Waals surface area contributed by atoms with E-state index in [0.29, 0.717) is 64.5 Å². The van der Waals surface area contributed by atoms with E-state index in [1.54, 1.807) is 0 Å². The molecule has 12 heteroatoms. The predicted molar refractivity (Wildman–Crippen MR) is 232 cm³/mol. The largest absolute Gasteiger partial charge is 0.748 e. The third kappa shape index (κ3) is 10.7. The van der Waals surface area contributed by atoms with Crippen LogP contribution in [0.1, 0.15) is 81.3 Å². The van der Waals surface area contributed by atoms with Crippen molar-refractivity contribution >= 4 is 44.7 Å². The fourth-order valence-electron chi connectivity index (χ4n) is 8.30. The predicted octanol–water partition coefficient (Wildman–Crippen LogP) is 8.83. The lowest BCUT2D eigenvalue weighted by atomic mass is 9.81. The molecular formula is C47H55ClFN3O6S. The number of unbranched alkanes of at least 4 members (excludes halogenated alkanes) is 1. The van der Waals surface area contributed by atoms with Gasteiger partial charge >= 0.3 is 0 Å². The van der Waals surface area contributed by atoms with Gasteiger partial charge < -0.3 is 24.2 Å². The highest BCUT2D eigenvalue weighted by Crippen LogP contribution is 2.48. The summed E-state index contributed by atoms with van der Waals surface area (Å²) in [5.41, 5.74) is 9.03. The minimum atomic E-state index is -4.25. The first-order valence-corrected chi connectivity index (χ1v) is 22.4. The Morgan fingerprint density at radius 1 is 0.881 bits per heavy atom. The zero-order valence-corrected chi connectivity index (χ0v) is 36.0. The maximum atomic E-state index is 13.1. The summed E-state index contributed by atoms with van der Waals surface area (Å²) in [5, 5.41) is 3.54. The van der Waals surface area contributed by atoms with Gasteiger partial charge in [0, 0.05) is 70.4 Å². The smallest absolute Gasteiger partial charge is 0.251 e. The van der Waals surface area contributed by atoms with Gasteiger partial charge in [0.25, 0.3) is 5.91 Å². The molecule has 0 bridgehead atoms. The van der Waals surface area contributed by atoms with Crippen LogP contribution >= 0.6 is 11.6 Å². The van der Waals surface area contributed by atoms with Crippen LogP contribution in [0.25, 0.3) is 0 Å². The van der Waals surface area contributed by atoms with E-state index < -0.39 is 10.1 Å². The molecule has 0 aromatic heterocycles. The molecule has 0 saturated heterocycles. The fourth-order valence-corrected chi connectivity index (χ4v) is 9.17. The molecule has 1 N–H and O–H groups in total. The molecule has 314 valence electrons. The summed E-state index contributed by atoms with van der Waals surface area (Å²) in [6.07, 6.45) is 12.3. The van der Waals surface area contributed by atoms with Crippen molar-refractivity contribution < 1.29 is 36.2 Å². The van der Waals surface area contributed by atoms with Gasteiger partial charge in [0.05, 0.1) is 42.0 Å². The maximum absolute atomic E-state index is 13.1. The Balaban J connectivity index is 1.11. The van der Waals surface area contributed by atoms with Gasteiger partial charge in [-0.15, -0.1) is 0 Å². The second-order valence-electron chi connectivity index (χ2n) is 16.2. The Bertz CT molecular complexity index is 2280. The van der Waals surface area contributed by atoms with E-state index >= 15 is 0 Å². The minimum absolute atomic E-state index is 0.246. The summed E-state index contributed by atoms with van der Waals surface area (Å²) in [6.45, 7) is 12.1. The van der Waals surface area contributed by atoms with Crippen molar-refractivity contribution in [3.05, 3.63) is 141 Å². The maximum Gasteiger partial charge on any atom is 0.251 e. The lowest BCUT2D eigenvalue weighted by Crippen LogP contribution is -2.29. The highest BCUT2D eigenvalue weighted by atomic mass is 35.5. The molecule has 0 spiro atoms. The Hall–Kier alpha value is -4.39. The van der Waals surface area contributed by atoms with Crippen molar-refractivity contribution in [2.45, 2.75) is 70.6 Å². The molecule has 59 heavy (non-hydrogen) atoms. The number of fused-ring (bicyclic) bond motifs is 2. The lowest BCUT2D eigenvalue weighted by Gasteiger charge is -2.27. The number of para-hydroxylation sites is 2. The number of halogens is 2. The van der Waals surface area contributed by atoms with E-state index in [1.807, 2.05) is 12.1 Å². The zero-order valence-electron chi connectivity index (χ0n) is 34.4. The van der Waals surface area contributed by atoms with Crippen molar-refractivity contribution in [3.63, 3.8) is 0 Å². The van der Waals surface area contributed by atoms with Crippen LogP contribution in [0, 0.1) is 5.82 Å². The van der Waals surface area contributed by atoms with Crippen LogP contribution in [0.2, 0.25) is 0 Å². The third-order valence-corrected chi connectivity index (χ3v) is 12.7. The van der Waals surface area contributed by atoms with Crippen LogP contribution < -0.4 is 10.2 Å². The number of nitrogens with zero attached hydrogens (tertiary/aromatic N) is 2. The molecule has 6 rings (SSSR count). The number of amides is 1. The average Bonchev–Trinajstić information content (AvgIpc) is 3.55. The van der Waals surface area contributed by atoms with Crippen LogP contribution in [-0.4, -0.2) is 81.0 Å². The van der Waals surface area contributed by atoms with E-state index in [-0.39, 0.29) is 28.3 Å². The number of ether oxygens (including phenoxy) is 2. The second-order valence-corrected chi connectivity index (χ2v) is 18.1. The molecule has 3 aromatic carbocycles. The van der Waals surface area contributed by atoms with Crippen molar-refractivity contribution in [3.8, 4) is 0 Å². The molecule has 1 aliphatic carbocycles. The normalized spacial score (nSPS) is 18.7. The number of nitrogens with one attached hydrogen (secondary N) is 1. The summed E-state index contributed by atoms with van der Waals surface area (Å²) < 4.78 is 60.8. The number of hydrogen-bond donors (Lipinski definition) is 1. The number of carbonyl (C=O) groups excluding carboxylic acids is 1. The molecule has 0 saturated carbocycles. The van der Waals surface area contributed by atoms with Crippen LogP contribution in [-0.2, 0) is 30.4 Å². The summed E-state index contributed by atoms with van der Waals surface area (Å²) in [7, 11) is -4.25. The average molecular weight is 843 g/mol. The van der Waals surface area contributed by atoms with Crippen LogP contribution in [0.5, 0.6) is 0 Å². The highest BCUT2D eigenvalue weighted by Gasteiger charge is 2.44. The molecule has 0 fully saturated rings. The molecule has 0 unspecified atom stereocenters. The number of anilines is 1. The van der Waals surface area contributed by atoms with Crippen LogP contribution in [0.15, 0.2) is 119 Å². The molecule has 3 aromatic rings. The molecule has 2 aliphatic heterocycles. The van der Waals surface area contributed by atoms with E-state index in [4.69, 9.17) is 21.1 Å². The van der Waals surface area contributed by atoms with Gasteiger partial charge in [-0.2, -0.15) is 4.58 Å². The summed E-state index contributed by atoms with van der Waals surface area (Å²) in [4.78, 5) is 14.5. The number of benzene rings is 3. The Morgan fingerprint density at radius 3 is 2.32 bits per heavy atom. The van der Waals surface area contributed by atoms with Crippen LogP contribution in [0.3, 0.4) is 0 Å². The summed E-state index contributed by atoms with van der Waals surface area (Å²) >= 11 is 7.21. The molecular weight excluding hydrogens is 788 g/mol. The summed E-state index contributed by atoms with van der Waals surface area (Å²) in [6, 6.07) is 22.2. The van der Waals surface area contributed by atoms with Crippen molar-refractivity contribution in [1.29, 1.82) is 0 Å². The van der Waals surface area contributed by atoms with Gasteiger partial charge in [-0.1, -0.05) is 74.0 Å². The zero-order chi connectivity index (χ0) is 42.2. The fraction of sp³-hybridized carbons (Fsp3) is 0.404. The molecule has 3 aliphatic rings. The third-order valence-electron chi connectivity index (χ3n) is 11.4. The first kappa shape index (κ1) is 44.2. The topological polar surface area (TPSA) is 111 Å². The van der Waals surface area contributed by atoms with Crippen molar-refractivity contribution in [2.24, 2.45) is 0 Å². The first-order chi connectivity index (χ1) is 28.2. The number of hydrogen-bond acceptors (Lipinski definition) is 7. The van der Waals surface area contributed by atoms with E-state index in [9.17, 15) is 22.2 Å². The lowest BCUT2D eigenvalue weighted by molar-refractivity contribution is -0.438.